The van der Waals surface area contributed by atoms with E-state index in [0.29, 0.717) is 23.5 Å². The molecule has 0 saturated carbocycles. The van der Waals surface area contributed by atoms with Crippen molar-refractivity contribution >= 4 is 17.3 Å². The fourth-order valence-corrected chi connectivity index (χ4v) is 2.96. The average Bonchev–Trinajstić information content (AvgIpc) is 2.72. The largest absolute Gasteiger partial charge is 0.373 e. The minimum Gasteiger partial charge on any atom is -0.373 e. The molecule has 1 aliphatic rings. The van der Waals surface area contributed by atoms with Crippen LogP contribution in [0.4, 0.5) is 17.3 Å². The van der Waals surface area contributed by atoms with Crippen molar-refractivity contribution in [3.63, 3.8) is 0 Å². The monoisotopic (exact) mass is 292 g/mol. The second-order valence-corrected chi connectivity index (χ2v) is 5.97. The first kappa shape index (κ1) is 15.5. The van der Waals surface area contributed by atoms with Crippen molar-refractivity contribution in [2.45, 2.75) is 33.1 Å². The minimum absolute atomic E-state index is 0.0944. The van der Waals surface area contributed by atoms with Gasteiger partial charge in [-0.25, -0.2) is 4.98 Å². The van der Waals surface area contributed by atoms with Crippen LogP contribution < -0.4 is 10.2 Å². The number of hydrogen-bond acceptors (Lipinski definition) is 5. The molecule has 1 aromatic rings. The number of anilines is 2. The van der Waals surface area contributed by atoms with Gasteiger partial charge in [0.05, 0.1) is 4.92 Å². The fourth-order valence-electron chi connectivity index (χ4n) is 2.96. The highest BCUT2D eigenvalue weighted by atomic mass is 16.6. The van der Waals surface area contributed by atoms with Crippen molar-refractivity contribution in [2.24, 2.45) is 11.8 Å². The maximum atomic E-state index is 11.2. The average molecular weight is 292 g/mol. The number of aromatic nitrogens is 1. The zero-order chi connectivity index (χ0) is 15.4. The van der Waals surface area contributed by atoms with Crippen molar-refractivity contribution < 1.29 is 4.92 Å². The molecule has 1 aromatic heterocycles. The van der Waals surface area contributed by atoms with Crippen LogP contribution in [0.1, 0.15) is 33.1 Å². The summed E-state index contributed by atoms with van der Waals surface area (Å²) in [6.07, 6.45) is 3.32. The number of pyridine rings is 1. The van der Waals surface area contributed by atoms with Crippen molar-refractivity contribution in [3.05, 3.63) is 22.2 Å². The lowest BCUT2D eigenvalue weighted by Gasteiger charge is -2.22. The Labute approximate surface area is 125 Å². The number of nitrogens with zero attached hydrogens (tertiary/aromatic N) is 3. The SMILES string of the molecule is CNc1ccc([N+](=O)[O-])c(N2CCCC(C(C)C)CC2)n1. The molecule has 0 aliphatic carbocycles. The summed E-state index contributed by atoms with van der Waals surface area (Å²) in [6, 6.07) is 3.19. The smallest absolute Gasteiger partial charge is 0.311 e. The van der Waals surface area contributed by atoms with Crippen molar-refractivity contribution in [3.8, 4) is 0 Å². The van der Waals surface area contributed by atoms with Gasteiger partial charge in [0.2, 0.25) is 5.82 Å². The van der Waals surface area contributed by atoms with Crippen molar-refractivity contribution in [1.29, 1.82) is 0 Å². The summed E-state index contributed by atoms with van der Waals surface area (Å²) in [7, 11) is 1.77. The van der Waals surface area contributed by atoms with Gasteiger partial charge in [-0.15, -0.1) is 0 Å². The van der Waals surface area contributed by atoms with Gasteiger partial charge in [0, 0.05) is 26.2 Å². The lowest BCUT2D eigenvalue weighted by Crippen LogP contribution is -2.26. The van der Waals surface area contributed by atoms with Crippen molar-refractivity contribution in [2.75, 3.05) is 30.4 Å². The Hall–Kier alpha value is -1.85. The Morgan fingerprint density at radius 1 is 1.38 bits per heavy atom. The van der Waals surface area contributed by atoms with E-state index in [4.69, 9.17) is 0 Å². The Bertz CT molecular complexity index is 504. The van der Waals surface area contributed by atoms with Gasteiger partial charge < -0.3 is 10.2 Å². The third-order valence-electron chi connectivity index (χ3n) is 4.32. The first-order chi connectivity index (χ1) is 10.0. The third-order valence-corrected chi connectivity index (χ3v) is 4.32. The lowest BCUT2D eigenvalue weighted by molar-refractivity contribution is -0.384. The van der Waals surface area contributed by atoms with Crippen LogP contribution in [0.2, 0.25) is 0 Å². The van der Waals surface area contributed by atoms with Gasteiger partial charge in [0.15, 0.2) is 0 Å². The quantitative estimate of drug-likeness (QED) is 0.681. The number of hydrogen-bond donors (Lipinski definition) is 1. The highest BCUT2D eigenvalue weighted by Gasteiger charge is 2.25. The highest BCUT2D eigenvalue weighted by molar-refractivity contribution is 5.61. The van der Waals surface area contributed by atoms with E-state index in [1.165, 1.54) is 6.42 Å². The van der Waals surface area contributed by atoms with E-state index in [1.54, 1.807) is 19.2 Å². The number of rotatable bonds is 4. The molecular formula is C15H24N4O2. The summed E-state index contributed by atoms with van der Waals surface area (Å²) in [5.41, 5.74) is 0.0944. The Morgan fingerprint density at radius 3 is 2.76 bits per heavy atom. The van der Waals surface area contributed by atoms with E-state index in [2.05, 4.69) is 29.0 Å². The molecule has 2 rings (SSSR count). The Kier molecular flexibility index (Phi) is 4.98. The minimum atomic E-state index is -0.341. The van der Waals surface area contributed by atoms with Crippen LogP contribution in [0.25, 0.3) is 0 Å². The molecule has 2 heterocycles. The van der Waals surface area contributed by atoms with E-state index in [9.17, 15) is 10.1 Å². The number of nitro groups is 1. The van der Waals surface area contributed by atoms with Crippen LogP contribution in [-0.2, 0) is 0 Å². The summed E-state index contributed by atoms with van der Waals surface area (Å²) in [5, 5.41) is 14.2. The molecule has 6 heteroatoms. The van der Waals surface area contributed by atoms with Gasteiger partial charge in [-0.1, -0.05) is 13.8 Å². The second-order valence-electron chi connectivity index (χ2n) is 5.97. The topological polar surface area (TPSA) is 71.3 Å². The van der Waals surface area contributed by atoms with E-state index in [1.807, 2.05) is 0 Å². The zero-order valence-electron chi connectivity index (χ0n) is 13.0. The van der Waals surface area contributed by atoms with Gasteiger partial charge in [0.1, 0.15) is 5.82 Å². The molecule has 0 aromatic carbocycles. The highest BCUT2D eigenvalue weighted by Crippen LogP contribution is 2.32. The molecular weight excluding hydrogens is 268 g/mol. The van der Waals surface area contributed by atoms with E-state index in [0.717, 1.165) is 25.9 Å². The number of nitrogens with one attached hydrogen (secondary N) is 1. The van der Waals surface area contributed by atoms with Crippen LogP contribution in [0.5, 0.6) is 0 Å². The third kappa shape index (κ3) is 3.62. The molecule has 1 N–H and O–H groups in total. The van der Waals surface area contributed by atoms with Gasteiger partial charge >= 0.3 is 5.69 Å². The first-order valence-corrected chi connectivity index (χ1v) is 7.61. The summed E-state index contributed by atoms with van der Waals surface area (Å²) in [6.45, 7) is 6.18. The maximum absolute atomic E-state index is 11.2. The van der Waals surface area contributed by atoms with E-state index < -0.39 is 0 Å². The van der Waals surface area contributed by atoms with Crippen LogP contribution in [0, 0.1) is 22.0 Å². The molecule has 21 heavy (non-hydrogen) atoms. The molecule has 1 fully saturated rings. The molecule has 1 unspecified atom stereocenters. The molecule has 1 saturated heterocycles. The molecule has 1 aliphatic heterocycles. The molecule has 0 bridgehead atoms. The van der Waals surface area contributed by atoms with Crippen molar-refractivity contribution in [1.82, 2.24) is 4.98 Å². The Balaban J connectivity index is 2.25. The van der Waals surface area contributed by atoms with E-state index >= 15 is 0 Å². The summed E-state index contributed by atoms with van der Waals surface area (Å²) < 4.78 is 0. The van der Waals surface area contributed by atoms with Gasteiger partial charge in [-0.05, 0) is 37.2 Å². The Morgan fingerprint density at radius 2 is 2.14 bits per heavy atom. The van der Waals surface area contributed by atoms with Crippen LogP contribution >= 0.6 is 0 Å². The summed E-state index contributed by atoms with van der Waals surface area (Å²) in [4.78, 5) is 17.4. The van der Waals surface area contributed by atoms with Gasteiger partial charge in [0.25, 0.3) is 0 Å². The molecule has 1 atom stereocenters. The van der Waals surface area contributed by atoms with Crippen LogP contribution in [-0.4, -0.2) is 30.0 Å². The standard InChI is InChI=1S/C15H24N4O2/c1-11(2)12-5-4-9-18(10-8-12)15-13(19(20)21)6-7-14(16-3)17-15/h6-7,11-12H,4-5,8-10H2,1-3H3,(H,16,17). The molecule has 0 radical (unpaired) electrons. The zero-order valence-corrected chi connectivity index (χ0v) is 13.0. The molecule has 0 amide bonds. The van der Waals surface area contributed by atoms with E-state index in [-0.39, 0.29) is 10.6 Å². The van der Waals surface area contributed by atoms with Crippen LogP contribution in [0.3, 0.4) is 0 Å². The molecule has 6 nitrogen and oxygen atoms in total. The van der Waals surface area contributed by atoms with Crippen LogP contribution in [0.15, 0.2) is 12.1 Å². The lowest BCUT2D eigenvalue weighted by atomic mass is 9.89. The summed E-state index contributed by atoms with van der Waals surface area (Å²) in [5.74, 6) is 2.52. The maximum Gasteiger partial charge on any atom is 0.311 e. The van der Waals surface area contributed by atoms with Gasteiger partial charge in [-0.2, -0.15) is 0 Å². The second kappa shape index (κ2) is 6.74. The normalized spacial score (nSPS) is 19.4. The fraction of sp³-hybridized carbons (Fsp3) is 0.667. The molecule has 0 spiro atoms. The predicted molar refractivity (Wildman–Crippen MR) is 84.8 cm³/mol. The molecule has 116 valence electrons. The predicted octanol–water partition coefficient (Wildman–Crippen LogP) is 3.29. The first-order valence-electron chi connectivity index (χ1n) is 7.61. The van der Waals surface area contributed by atoms with Gasteiger partial charge in [-0.3, -0.25) is 10.1 Å². The summed E-state index contributed by atoms with van der Waals surface area (Å²) >= 11 is 0.